The van der Waals surface area contributed by atoms with Crippen LogP contribution in [0.25, 0.3) is 0 Å². The first-order valence-corrected chi connectivity index (χ1v) is 10.7. The third-order valence-electron chi connectivity index (χ3n) is 4.05. The minimum Gasteiger partial charge on any atom is -0.492 e. The number of methoxy groups -OCH3 is 1. The highest BCUT2D eigenvalue weighted by atomic mass is 32.2. The molecule has 0 aliphatic rings. The number of ether oxygens (including phenoxy) is 3. The average Bonchev–Trinajstić information content (AvgIpc) is 2.78. The Morgan fingerprint density at radius 2 is 1.94 bits per heavy atom. The molecule has 1 aromatic carbocycles. The zero-order valence-corrected chi connectivity index (χ0v) is 18.4. The molecule has 2 aromatic heterocycles. The Bertz CT molecular complexity index is 1030. The van der Waals surface area contributed by atoms with Gasteiger partial charge in [-0.05, 0) is 32.0 Å². The van der Waals surface area contributed by atoms with Gasteiger partial charge < -0.3 is 19.5 Å². The van der Waals surface area contributed by atoms with Crippen molar-refractivity contribution in [3.63, 3.8) is 0 Å². The van der Waals surface area contributed by atoms with Crippen molar-refractivity contribution < 1.29 is 19.0 Å². The molecule has 0 saturated carbocycles. The molecular weight excluding hydrogens is 416 g/mol. The van der Waals surface area contributed by atoms with E-state index in [0.717, 1.165) is 11.4 Å². The molecule has 0 fully saturated rings. The average molecular weight is 441 g/mol. The number of nitrogens with zero attached hydrogens (tertiary/aromatic N) is 3. The molecule has 0 radical (unpaired) electrons. The lowest BCUT2D eigenvalue weighted by Crippen LogP contribution is -2.21. The van der Waals surface area contributed by atoms with E-state index in [1.807, 2.05) is 32.0 Å². The lowest BCUT2D eigenvalue weighted by Gasteiger charge is -2.13. The summed E-state index contributed by atoms with van der Waals surface area (Å²) in [5.74, 6) is 1.74. The number of anilines is 1. The van der Waals surface area contributed by atoms with Crippen molar-refractivity contribution in [1.29, 1.82) is 0 Å². The molecule has 2 heterocycles. The molecular formula is C22H24N4O4S. The molecule has 0 aliphatic carbocycles. The smallest absolute Gasteiger partial charge is 0.262 e. The van der Waals surface area contributed by atoms with E-state index in [0.29, 0.717) is 40.5 Å². The van der Waals surface area contributed by atoms with Crippen LogP contribution in [0.1, 0.15) is 18.3 Å². The van der Waals surface area contributed by atoms with E-state index in [-0.39, 0.29) is 12.5 Å². The zero-order chi connectivity index (χ0) is 22.1. The van der Waals surface area contributed by atoms with Crippen LogP contribution in [-0.4, -0.2) is 41.2 Å². The fourth-order valence-electron chi connectivity index (χ4n) is 2.62. The molecule has 0 bridgehead atoms. The monoisotopic (exact) mass is 440 g/mol. The topological polar surface area (TPSA) is 95.5 Å². The lowest BCUT2D eigenvalue weighted by atomic mass is 10.3. The van der Waals surface area contributed by atoms with Crippen LogP contribution in [0.15, 0.2) is 53.9 Å². The van der Waals surface area contributed by atoms with E-state index in [1.54, 1.807) is 30.6 Å². The molecule has 162 valence electrons. The highest BCUT2D eigenvalue weighted by Gasteiger charge is 2.12. The van der Waals surface area contributed by atoms with Crippen molar-refractivity contribution >= 4 is 23.4 Å². The number of pyridine rings is 1. The number of para-hydroxylation sites is 2. The summed E-state index contributed by atoms with van der Waals surface area (Å²) in [6.07, 6.45) is 3.30. The predicted molar refractivity (Wildman–Crippen MR) is 119 cm³/mol. The van der Waals surface area contributed by atoms with Crippen LogP contribution in [0.4, 0.5) is 5.69 Å². The van der Waals surface area contributed by atoms with Crippen LogP contribution < -0.4 is 19.5 Å². The number of carbonyl (C=O) groups excluding carboxylic acids is 1. The molecule has 0 saturated heterocycles. The fourth-order valence-corrected chi connectivity index (χ4v) is 3.40. The van der Waals surface area contributed by atoms with Gasteiger partial charge in [-0.15, -0.1) is 0 Å². The van der Waals surface area contributed by atoms with Crippen molar-refractivity contribution in [3.05, 3.63) is 60.2 Å². The van der Waals surface area contributed by atoms with Crippen molar-refractivity contribution in [1.82, 2.24) is 15.0 Å². The predicted octanol–water partition coefficient (Wildman–Crippen LogP) is 3.90. The number of rotatable bonds is 10. The van der Waals surface area contributed by atoms with Crippen molar-refractivity contribution in [3.8, 4) is 17.2 Å². The Morgan fingerprint density at radius 3 is 2.71 bits per heavy atom. The Labute approximate surface area is 185 Å². The number of aryl methyl sites for hydroxylation is 1. The Kier molecular flexibility index (Phi) is 8.05. The normalized spacial score (nSPS) is 10.4. The number of benzene rings is 1. The number of nitrogens with one attached hydrogen (secondary N) is 1. The molecule has 1 amide bonds. The van der Waals surface area contributed by atoms with Gasteiger partial charge in [0.1, 0.15) is 5.75 Å². The van der Waals surface area contributed by atoms with Gasteiger partial charge in [0.05, 0.1) is 31.3 Å². The van der Waals surface area contributed by atoms with Gasteiger partial charge in [-0.2, -0.15) is 0 Å². The summed E-state index contributed by atoms with van der Waals surface area (Å²) in [6.45, 7) is 4.12. The number of amides is 1. The number of thioether (sulfide) groups is 1. The summed E-state index contributed by atoms with van der Waals surface area (Å²) in [6, 6.07) is 10.8. The second-order valence-corrected chi connectivity index (χ2v) is 7.30. The van der Waals surface area contributed by atoms with Gasteiger partial charge in [0.2, 0.25) is 0 Å². The van der Waals surface area contributed by atoms with E-state index in [1.165, 1.54) is 18.9 Å². The molecule has 0 spiro atoms. The fraction of sp³-hybridized carbons (Fsp3) is 0.273. The van der Waals surface area contributed by atoms with Gasteiger partial charge in [0.25, 0.3) is 5.91 Å². The van der Waals surface area contributed by atoms with Crippen LogP contribution >= 0.6 is 11.8 Å². The second-order valence-electron chi connectivity index (χ2n) is 6.36. The van der Waals surface area contributed by atoms with E-state index in [4.69, 9.17) is 14.2 Å². The molecule has 0 aliphatic heterocycles. The quantitative estimate of drug-likeness (QED) is 0.375. The molecule has 8 nitrogen and oxygen atoms in total. The minimum absolute atomic E-state index is 0.186. The molecule has 0 unspecified atom stereocenters. The molecule has 3 rings (SSSR count). The summed E-state index contributed by atoms with van der Waals surface area (Å²) >= 11 is 1.47. The molecule has 0 atom stereocenters. The number of aromatic nitrogens is 3. The SMILES string of the molecule is CCOc1ccccc1NC(=O)COc1cc(CSc2nccc(C)n2)ncc1OC. The Hall–Kier alpha value is -3.33. The van der Waals surface area contributed by atoms with Gasteiger partial charge in [0, 0.05) is 23.7 Å². The standard InChI is InChI=1S/C22H24N4O4S/c1-4-29-18-8-6-5-7-17(18)26-21(27)13-30-19-11-16(24-12-20(19)28-3)14-31-22-23-10-9-15(2)25-22/h5-12H,4,13-14H2,1-3H3,(H,26,27). The number of hydrogen-bond acceptors (Lipinski definition) is 8. The van der Waals surface area contributed by atoms with Crippen molar-refractivity contribution in [2.45, 2.75) is 24.8 Å². The Balaban J connectivity index is 1.62. The van der Waals surface area contributed by atoms with Crippen molar-refractivity contribution in [2.24, 2.45) is 0 Å². The lowest BCUT2D eigenvalue weighted by molar-refractivity contribution is -0.118. The van der Waals surface area contributed by atoms with Gasteiger partial charge in [-0.25, -0.2) is 9.97 Å². The molecule has 1 N–H and O–H groups in total. The van der Waals surface area contributed by atoms with Gasteiger partial charge in [0.15, 0.2) is 23.3 Å². The molecule has 31 heavy (non-hydrogen) atoms. The summed E-state index contributed by atoms with van der Waals surface area (Å²) < 4.78 is 16.6. The first kappa shape index (κ1) is 22.4. The maximum absolute atomic E-state index is 12.4. The summed E-state index contributed by atoms with van der Waals surface area (Å²) in [5.41, 5.74) is 2.25. The van der Waals surface area contributed by atoms with E-state index < -0.39 is 0 Å². The highest BCUT2D eigenvalue weighted by Crippen LogP contribution is 2.29. The van der Waals surface area contributed by atoms with E-state index >= 15 is 0 Å². The Morgan fingerprint density at radius 1 is 1.10 bits per heavy atom. The van der Waals surface area contributed by atoms with Crippen LogP contribution in [0.3, 0.4) is 0 Å². The van der Waals surface area contributed by atoms with Crippen molar-refractivity contribution in [2.75, 3.05) is 25.6 Å². The van der Waals surface area contributed by atoms with Gasteiger partial charge in [-0.3, -0.25) is 9.78 Å². The van der Waals surface area contributed by atoms with E-state index in [2.05, 4.69) is 20.3 Å². The maximum atomic E-state index is 12.4. The third kappa shape index (κ3) is 6.58. The first-order chi connectivity index (χ1) is 15.1. The number of hydrogen-bond donors (Lipinski definition) is 1. The highest BCUT2D eigenvalue weighted by molar-refractivity contribution is 7.98. The second kappa shape index (κ2) is 11.2. The summed E-state index contributed by atoms with van der Waals surface area (Å²) in [4.78, 5) is 25.4. The largest absolute Gasteiger partial charge is 0.492 e. The number of carbonyl (C=O) groups is 1. The molecule has 3 aromatic rings. The van der Waals surface area contributed by atoms with Crippen LogP contribution in [-0.2, 0) is 10.5 Å². The maximum Gasteiger partial charge on any atom is 0.262 e. The minimum atomic E-state index is -0.310. The summed E-state index contributed by atoms with van der Waals surface area (Å²) in [5, 5.41) is 3.48. The van der Waals surface area contributed by atoms with Crippen LogP contribution in [0.2, 0.25) is 0 Å². The zero-order valence-electron chi connectivity index (χ0n) is 17.6. The third-order valence-corrected chi connectivity index (χ3v) is 4.94. The van der Waals surface area contributed by atoms with Gasteiger partial charge in [-0.1, -0.05) is 23.9 Å². The van der Waals surface area contributed by atoms with Crippen LogP contribution in [0, 0.1) is 6.92 Å². The van der Waals surface area contributed by atoms with Gasteiger partial charge >= 0.3 is 0 Å². The van der Waals surface area contributed by atoms with E-state index in [9.17, 15) is 4.79 Å². The van der Waals surface area contributed by atoms with Crippen LogP contribution in [0.5, 0.6) is 17.2 Å². The first-order valence-electron chi connectivity index (χ1n) is 9.69. The summed E-state index contributed by atoms with van der Waals surface area (Å²) in [7, 11) is 1.53. The molecule has 9 heteroatoms.